The number of hydrogen-bond donors (Lipinski definition) is 1. The highest BCUT2D eigenvalue weighted by Crippen LogP contribution is 2.38. The number of aromatic nitrogens is 2. The zero-order valence-electron chi connectivity index (χ0n) is 13.0. The summed E-state index contributed by atoms with van der Waals surface area (Å²) in [6.07, 6.45) is -4.72. The second-order valence-corrected chi connectivity index (χ2v) is 5.84. The van der Waals surface area contributed by atoms with Crippen molar-refractivity contribution in [3.05, 3.63) is 17.0 Å². The standard InChI is InChI=1S/C14H18F3N3O3/c1-7-9(8(2)19(3)18-7)4-12(21)20-5-10(13(22)23)11(6-20)14(15,16)17/h10-11H,4-6H2,1-3H3,(H,22,23)/t10-,11-/m1/s1. The van der Waals surface area contributed by atoms with E-state index in [1.807, 2.05) is 0 Å². The lowest BCUT2D eigenvalue weighted by molar-refractivity contribution is -0.188. The van der Waals surface area contributed by atoms with Crippen LogP contribution in [0.1, 0.15) is 17.0 Å². The SMILES string of the molecule is Cc1nn(C)c(C)c1CC(=O)N1C[C@@H](C(F)(F)F)[C@H](C(=O)O)C1. The molecule has 1 saturated heterocycles. The Morgan fingerprint density at radius 1 is 1.30 bits per heavy atom. The molecule has 0 spiro atoms. The average Bonchev–Trinajstić information content (AvgIpc) is 2.96. The number of rotatable bonds is 3. The maximum atomic E-state index is 13.0. The van der Waals surface area contributed by atoms with Gasteiger partial charge in [0, 0.05) is 31.4 Å². The normalized spacial score (nSPS) is 21.7. The van der Waals surface area contributed by atoms with Crippen LogP contribution in [0.5, 0.6) is 0 Å². The first-order valence-corrected chi connectivity index (χ1v) is 7.08. The fourth-order valence-corrected chi connectivity index (χ4v) is 2.93. The predicted molar refractivity (Wildman–Crippen MR) is 73.6 cm³/mol. The van der Waals surface area contributed by atoms with Gasteiger partial charge in [0.2, 0.25) is 5.91 Å². The molecule has 0 aromatic carbocycles. The fraction of sp³-hybridized carbons (Fsp3) is 0.643. The molecule has 0 saturated carbocycles. The van der Waals surface area contributed by atoms with Gasteiger partial charge in [-0.2, -0.15) is 18.3 Å². The molecular weight excluding hydrogens is 315 g/mol. The molecule has 1 aromatic rings. The maximum absolute atomic E-state index is 13.0. The third kappa shape index (κ3) is 3.32. The van der Waals surface area contributed by atoms with Crippen LogP contribution in [0.25, 0.3) is 0 Å². The predicted octanol–water partition coefficient (Wildman–Crippen LogP) is 1.30. The van der Waals surface area contributed by atoms with Crippen LogP contribution in [0.3, 0.4) is 0 Å². The third-order valence-electron chi connectivity index (χ3n) is 4.40. The van der Waals surface area contributed by atoms with Crippen LogP contribution in [0, 0.1) is 25.7 Å². The van der Waals surface area contributed by atoms with Crippen LogP contribution in [0.2, 0.25) is 0 Å². The Labute approximate surface area is 130 Å². The number of likely N-dealkylation sites (tertiary alicyclic amines) is 1. The number of hydrogen-bond acceptors (Lipinski definition) is 3. The molecule has 1 amide bonds. The van der Waals surface area contributed by atoms with Gasteiger partial charge in [0.05, 0.1) is 24.0 Å². The lowest BCUT2D eigenvalue weighted by Gasteiger charge is -2.18. The van der Waals surface area contributed by atoms with Crippen LogP contribution in [0.4, 0.5) is 13.2 Å². The summed E-state index contributed by atoms with van der Waals surface area (Å²) in [5.74, 6) is -5.69. The molecule has 23 heavy (non-hydrogen) atoms. The number of carbonyl (C=O) groups is 2. The van der Waals surface area contributed by atoms with Crippen molar-refractivity contribution >= 4 is 11.9 Å². The van der Waals surface area contributed by atoms with Crippen molar-refractivity contribution in [1.29, 1.82) is 0 Å². The molecule has 2 rings (SSSR count). The van der Waals surface area contributed by atoms with Gasteiger partial charge in [0.25, 0.3) is 0 Å². The first-order chi connectivity index (χ1) is 10.5. The topological polar surface area (TPSA) is 75.4 Å². The van der Waals surface area contributed by atoms with Crippen LogP contribution in [-0.2, 0) is 23.1 Å². The zero-order valence-corrected chi connectivity index (χ0v) is 13.0. The van der Waals surface area contributed by atoms with Crippen molar-refractivity contribution in [3.63, 3.8) is 0 Å². The Morgan fingerprint density at radius 3 is 2.30 bits per heavy atom. The van der Waals surface area contributed by atoms with Gasteiger partial charge in [-0.3, -0.25) is 14.3 Å². The summed E-state index contributed by atoms with van der Waals surface area (Å²) in [5.41, 5.74) is 2.07. The summed E-state index contributed by atoms with van der Waals surface area (Å²) in [6.45, 7) is 2.46. The Bertz CT molecular complexity index is 639. The largest absolute Gasteiger partial charge is 0.481 e. The van der Waals surface area contributed by atoms with Gasteiger partial charge in [-0.1, -0.05) is 0 Å². The fourth-order valence-electron chi connectivity index (χ4n) is 2.93. The van der Waals surface area contributed by atoms with E-state index in [4.69, 9.17) is 5.11 Å². The molecule has 0 radical (unpaired) electrons. The molecule has 0 bridgehead atoms. The Morgan fingerprint density at radius 2 is 1.91 bits per heavy atom. The van der Waals surface area contributed by atoms with E-state index < -0.39 is 43.0 Å². The van der Waals surface area contributed by atoms with Crippen molar-refractivity contribution in [2.75, 3.05) is 13.1 Å². The van der Waals surface area contributed by atoms with Gasteiger partial charge in [-0.05, 0) is 13.8 Å². The quantitative estimate of drug-likeness (QED) is 0.905. The molecule has 0 aliphatic carbocycles. The van der Waals surface area contributed by atoms with E-state index in [2.05, 4.69) is 5.10 Å². The number of carbonyl (C=O) groups excluding carboxylic acids is 1. The summed E-state index contributed by atoms with van der Waals surface area (Å²) >= 11 is 0. The molecule has 1 aliphatic rings. The molecule has 1 aliphatic heterocycles. The average molecular weight is 333 g/mol. The minimum atomic E-state index is -4.64. The number of aliphatic carboxylic acids is 1. The van der Waals surface area contributed by atoms with E-state index in [0.29, 0.717) is 11.3 Å². The molecule has 128 valence electrons. The van der Waals surface area contributed by atoms with Crippen molar-refractivity contribution < 1.29 is 27.9 Å². The Kier molecular flexibility index (Phi) is 4.41. The van der Waals surface area contributed by atoms with E-state index in [1.165, 1.54) is 0 Å². The van der Waals surface area contributed by atoms with Crippen LogP contribution in [0.15, 0.2) is 0 Å². The number of carboxylic acids is 1. The summed E-state index contributed by atoms with van der Waals surface area (Å²) in [6, 6.07) is 0. The lowest BCUT2D eigenvalue weighted by Crippen LogP contribution is -2.34. The van der Waals surface area contributed by atoms with Gasteiger partial charge < -0.3 is 10.0 Å². The molecule has 2 atom stereocenters. The van der Waals surface area contributed by atoms with E-state index in [0.717, 1.165) is 10.6 Å². The van der Waals surface area contributed by atoms with E-state index in [-0.39, 0.29) is 6.42 Å². The minimum Gasteiger partial charge on any atom is -0.481 e. The molecule has 0 unspecified atom stereocenters. The van der Waals surface area contributed by atoms with Gasteiger partial charge >= 0.3 is 12.1 Å². The number of aryl methyl sites for hydroxylation is 2. The van der Waals surface area contributed by atoms with Gasteiger partial charge in [-0.25, -0.2) is 0 Å². The number of amides is 1. The van der Waals surface area contributed by atoms with Gasteiger partial charge in [-0.15, -0.1) is 0 Å². The van der Waals surface area contributed by atoms with Gasteiger partial charge in [0.1, 0.15) is 0 Å². The molecule has 2 heterocycles. The van der Waals surface area contributed by atoms with Gasteiger partial charge in [0.15, 0.2) is 0 Å². The van der Waals surface area contributed by atoms with Crippen molar-refractivity contribution in [3.8, 4) is 0 Å². The molecule has 1 aromatic heterocycles. The first kappa shape index (κ1) is 17.3. The minimum absolute atomic E-state index is 0.0809. The number of carboxylic acid groups (broad SMARTS) is 1. The maximum Gasteiger partial charge on any atom is 0.394 e. The first-order valence-electron chi connectivity index (χ1n) is 7.08. The van der Waals surface area contributed by atoms with E-state index >= 15 is 0 Å². The molecular formula is C14H18F3N3O3. The Hall–Kier alpha value is -2.06. The second kappa shape index (κ2) is 5.86. The summed E-state index contributed by atoms with van der Waals surface area (Å²) < 4.78 is 40.5. The smallest absolute Gasteiger partial charge is 0.394 e. The highest BCUT2D eigenvalue weighted by Gasteiger charge is 2.53. The number of alkyl halides is 3. The molecule has 6 nitrogen and oxygen atoms in total. The summed E-state index contributed by atoms with van der Waals surface area (Å²) in [4.78, 5) is 24.3. The number of nitrogens with zero attached hydrogens (tertiary/aromatic N) is 3. The van der Waals surface area contributed by atoms with Crippen molar-refractivity contribution in [1.82, 2.24) is 14.7 Å². The number of halogens is 3. The molecule has 1 fully saturated rings. The van der Waals surface area contributed by atoms with Crippen LogP contribution >= 0.6 is 0 Å². The summed E-state index contributed by atoms with van der Waals surface area (Å²) in [7, 11) is 1.71. The molecule has 1 N–H and O–H groups in total. The lowest BCUT2D eigenvalue weighted by atomic mass is 9.96. The molecule has 9 heteroatoms. The van der Waals surface area contributed by atoms with E-state index in [9.17, 15) is 22.8 Å². The van der Waals surface area contributed by atoms with Crippen molar-refractivity contribution in [2.45, 2.75) is 26.4 Å². The van der Waals surface area contributed by atoms with Crippen molar-refractivity contribution in [2.24, 2.45) is 18.9 Å². The highest BCUT2D eigenvalue weighted by atomic mass is 19.4. The highest BCUT2D eigenvalue weighted by molar-refractivity contribution is 5.81. The zero-order chi connectivity index (χ0) is 17.5. The van der Waals surface area contributed by atoms with Crippen LogP contribution in [-0.4, -0.2) is 50.9 Å². The van der Waals surface area contributed by atoms with E-state index in [1.54, 1.807) is 25.6 Å². The van der Waals surface area contributed by atoms with Crippen LogP contribution < -0.4 is 0 Å². The Balaban J connectivity index is 2.16. The third-order valence-corrected chi connectivity index (χ3v) is 4.40. The second-order valence-electron chi connectivity index (χ2n) is 5.84. The monoisotopic (exact) mass is 333 g/mol. The summed E-state index contributed by atoms with van der Waals surface area (Å²) in [5, 5.41) is 13.1.